The van der Waals surface area contributed by atoms with Crippen LogP contribution >= 0.6 is 0 Å². The lowest BCUT2D eigenvalue weighted by Gasteiger charge is -2.31. The normalized spacial score (nSPS) is 21.3. The van der Waals surface area contributed by atoms with Gasteiger partial charge in [-0.1, -0.05) is 18.2 Å². The summed E-state index contributed by atoms with van der Waals surface area (Å²) in [6.07, 6.45) is -9.54. The van der Waals surface area contributed by atoms with Crippen LogP contribution in [0, 0.1) is 5.92 Å². The number of halogens is 6. The molecule has 0 saturated heterocycles. The maximum absolute atomic E-state index is 13.7. The van der Waals surface area contributed by atoms with Crippen molar-refractivity contribution >= 4 is 17.1 Å². The van der Waals surface area contributed by atoms with Crippen molar-refractivity contribution in [3.8, 4) is 5.75 Å². The Morgan fingerprint density at radius 1 is 0.889 bits per heavy atom. The van der Waals surface area contributed by atoms with Gasteiger partial charge in [-0.05, 0) is 48.6 Å². The number of carbonyl (C=O) groups is 1. The van der Waals surface area contributed by atoms with Crippen LogP contribution < -0.4 is 4.74 Å². The molecule has 0 aromatic heterocycles. The van der Waals surface area contributed by atoms with Crippen LogP contribution in [0.5, 0.6) is 5.75 Å². The Labute approximate surface area is 151 Å². The molecule has 2 nitrogen and oxygen atoms in total. The van der Waals surface area contributed by atoms with Crippen LogP contribution in [-0.2, 0) is 6.18 Å². The third-order valence-corrected chi connectivity index (χ3v) is 4.90. The van der Waals surface area contributed by atoms with Crippen LogP contribution in [0.3, 0.4) is 0 Å². The van der Waals surface area contributed by atoms with E-state index in [2.05, 4.69) is 0 Å². The number of hydrogen-bond donors (Lipinski definition) is 0. The summed E-state index contributed by atoms with van der Waals surface area (Å²) in [5, 5.41) is -0.0264. The minimum absolute atomic E-state index is 0.0356. The van der Waals surface area contributed by atoms with Crippen molar-refractivity contribution in [2.24, 2.45) is 5.92 Å². The third kappa shape index (κ3) is 4.04. The zero-order valence-corrected chi connectivity index (χ0v) is 14.0. The largest absolute Gasteiger partial charge is 0.490 e. The average molecular weight is 390 g/mol. The maximum atomic E-state index is 13.7. The molecule has 1 saturated carbocycles. The fourth-order valence-electron chi connectivity index (χ4n) is 3.54. The SMILES string of the molecule is O=Cc1cccc2c(C(F)(F)F)c(OC3CCC(C(F)(F)F)CC3)ccc12. The van der Waals surface area contributed by atoms with Gasteiger partial charge in [0.1, 0.15) is 11.3 Å². The lowest BCUT2D eigenvalue weighted by Crippen LogP contribution is -2.32. The molecule has 0 aliphatic heterocycles. The minimum atomic E-state index is -4.74. The maximum Gasteiger partial charge on any atom is 0.420 e. The Morgan fingerprint density at radius 2 is 1.56 bits per heavy atom. The van der Waals surface area contributed by atoms with E-state index in [-0.39, 0.29) is 42.0 Å². The van der Waals surface area contributed by atoms with Crippen LogP contribution in [0.1, 0.15) is 41.6 Å². The van der Waals surface area contributed by atoms with Gasteiger partial charge >= 0.3 is 12.4 Å². The molecule has 0 atom stereocenters. The topological polar surface area (TPSA) is 26.3 Å². The highest BCUT2D eigenvalue weighted by Crippen LogP contribution is 2.44. The smallest absolute Gasteiger partial charge is 0.420 e. The fraction of sp³-hybridized carbons (Fsp3) is 0.421. The minimum Gasteiger partial charge on any atom is -0.490 e. The first kappa shape index (κ1) is 19.5. The molecule has 0 heterocycles. The van der Waals surface area contributed by atoms with Gasteiger partial charge in [0, 0.05) is 5.56 Å². The van der Waals surface area contributed by atoms with Crippen LogP contribution in [0.2, 0.25) is 0 Å². The quantitative estimate of drug-likeness (QED) is 0.463. The van der Waals surface area contributed by atoms with Crippen molar-refractivity contribution in [3.05, 3.63) is 41.5 Å². The third-order valence-electron chi connectivity index (χ3n) is 4.90. The average Bonchev–Trinajstić information content (AvgIpc) is 2.59. The highest BCUT2D eigenvalue weighted by atomic mass is 19.4. The highest BCUT2D eigenvalue weighted by Gasteiger charge is 2.42. The zero-order valence-electron chi connectivity index (χ0n) is 14.0. The first-order valence-corrected chi connectivity index (χ1v) is 8.42. The molecule has 0 spiro atoms. The Kier molecular flexibility index (Phi) is 5.10. The molecular weight excluding hydrogens is 374 g/mol. The molecule has 0 unspecified atom stereocenters. The van der Waals surface area contributed by atoms with E-state index in [1.54, 1.807) is 0 Å². The Bertz CT molecular complexity index is 832. The van der Waals surface area contributed by atoms with E-state index in [9.17, 15) is 31.1 Å². The van der Waals surface area contributed by atoms with E-state index in [0.717, 1.165) is 6.07 Å². The summed E-state index contributed by atoms with van der Waals surface area (Å²) in [5.41, 5.74) is -0.892. The number of hydrogen-bond acceptors (Lipinski definition) is 2. The zero-order chi connectivity index (χ0) is 19.8. The summed E-state index contributed by atoms with van der Waals surface area (Å²) in [6, 6.07) is 6.51. The monoisotopic (exact) mass is 390 g/mol. The Morgan fingerprint density at radius 3 is 2.11 bits per heavy atom. The summed E-state index contributed by atoms with van der Waals surface area (Å²) < 4.78 is 84.7. The van der Waals surface area contributed by atoms with Crippen molar-refractivity contribution in [3.63, 3.8) is 0 Å². The lowest BCUT2D eigenvalue weighted by atomic mass is 9.87. The molecule has 27 heavy (non-hydrogen) atoms. The summed E-state index contributed by atoms with van der Waals surface area (Å²) in [4.78, 5) is 11.1. The van der Waals surface area contributed by atoms with Crippen LogP contribution in [0.15, 0.2) is 30.3 Å². The van der Waals surface area contributed by atoms with Gasteiger partial charge in [-0.3, -0.25) is 4.79 Å². The standard InChI is InChI=1S/C19H16F6O2/c20-18(21,22)12-4-6-13(7-5-12)27-16-9-8-14-11(10-26)2-1-3-15(14)17(16)19(23,24)25/h1-3,8-10,12-13H,4-7H2. The van der Waals surface area contributed by atoms with Crippen LogP contribution in [-0.4, -0.2) is 18.6 Å². The van der Waals surface area contributed by atoms with Gasteiger partial charge in [0.15, 0.2) is 6.29 Å². The number of ether oxygens (including phenoxy) is 1. The predicted molar refractivity (Wildman–Crippen MR) is 86.8 cm³/mol. The van der Waals surface area contributed by atoms with E-state index < -0.39 is 35.7 Å². The molecule has 1 fully saturated rings. The van der Waals surface area contributed by atoms with Gasteiger partial charge in [-0.15, -0.1) is 0 Å². The molecule has 3 rings (SSSR count). The summed E-state index contributed by atoms with van der Waals surface area (Å²) in [6.45, 7) is 0. The molecule has 2 aromatic carbocycles. The second-order valence-corrected chi connectivity index (χ2v) is 6.63. The molecular formula is C19H16F6O2. The molecule has 1 aliphatic rings. The molecule has 0 N–H and O–H groups in total. The Hall–Kier alpha value is -2.25. The summed E-state index contributed by atoms with van der Waals surface area (Å²) in [7, 11) is 0. The fourth-order valence-corrected chi connectivity index (χ4v) is 3.54. The first-order valence-electron chi connectivity index (χ1n) is 8.42. The molecule has 1 aliphatic carbocycles. The second-order valence-electron chi connectivity index (χ2n) is 6.63. The second kappa shape index (κ2) is 7.05. The molecule has 2 aromatic rings. The van der Waals surface area contributed by atoms with E-state index >= 15 is 0 Å². The molecule has 0 amide bonds. The van der Waals surface area contributed by atoms with E-state index in [1.807, 2.05) is 0 Å². The number of carbonyl (C=O) groups excluding carboxylic acids is 1. The van der Waals surface area contributed by atoms with E-state index in [1.165, 1.54) is 24.3 Å². The van der Waals surface area contributed by atoms with Gasteiger partial charge in [-0.25, -0.2) is 0 Å². The van der Waals surface area contributed by atoms with E-state index in [0.29, 0.717) is 6.29 Å². The van der Waals surface area contributed by atoms with Crippen molar-refractivity contribution in [1.82, 2.24) is 0 Å². The highest BCUT2D eigenvalue weighted by molar-refractivity contribution is 6.00. The van der Waals surface area contributed by atoms with Crippen molar-refractivity contribution in [1.29, 1.82) is 0 Å². The number of aldehydes is 1. The summed E-state index contributed by atoms with van der Waals surface area (Å²) in [5.74, 6) is -1.86. The number of benzene rings is 2. The Balaban J connectivity index is 1.92. The lowest BCUT2D eigenvalue weighted by molar-refractivity contribution is -0.185. The van der Waals surface area contributed by atoms with Gasteiger partial charge in [0.25, 0.3) is 0 Å². The van der Waals surface area contributed by atoms with Crippen molar-refractivity contribution in [2.75, 3.05) is 0 Å². The van der Waals surface area contributed by atoms with Crippen molar-refractivity contribution in [2.45, 2.75) is 44.1 Å². The molecule has 0 radical (unpaired) electrons. The van der Waals surface area contributed by atoms with Crippen LogP contribution in [0.4, 0.5) is 26.3 Å². The van der Waals surface area contributed by atoms with E-state index in [4.69, 9.17) is 4.74 Å². The summed E-state index contributed by atoms with van der Waals surface area (Å²) >= 11 is 0. The van der Waals surface area contributed by atoms with Crippen LogP contribution in [0.25, 0.3) is 10.8 Å². The first-order chi connectivity index (χ1) is 12.6. The van der Waals surface area contributed by atoms with Gasteiger partial charge in [0.2, 0.25) is 0 Å². The number of alkyl halides is 6. The number of fused-ring (bicyclic) bond motifs is 1. The molecule has 146 valence electrons. The molecule has 8 heteroatoms. The van der Waals surface area contributed by atoms with Crippen molar-refractivity contribution < 1.29 is 35.9 Å². The number of rotatable bonds is 3. The van der Waals surface area contributed by atoms with Gasteiger partial charge < -0.3 is 4.74 Å². The van der Waals surface area contributed by atoms with Gasteiger partial charge in [-0.2, -0.15) is 26.3 Å². The van der Waals surface area contributed by atoms with Gasteiger partial charge in [0.05, 0.1) is 12.0 Å². The molecule has 0 bridgehead atoms. The predicted octanol–water partition coefficient (Wildman–Crippen LogP) is 6.17.